The summed E-state index contributed by atoms with van der Waals surface area (Å²) in [5, 5.41) is 20.3. The number of nitrogen functional groups attached to an aromatic ring is 1. The third-order valence-electron chi connectivity index (χ3n) is 6.89. The van der Waals surface area contributed by atoms with Crippen molar-refractivity contribution in [3.8, 4) is 40.5 Å². The first-order chi connectivity index (χ1) is 19.3. The average molecular weight is 562 g/mol. The molecule has 3 aromatic rings. The molecule has 40 heavy (non-hydrogen) atoms. The Hall–Kier alpha value is -4.48. The van der Waals surface area contributed by atoms with E-state index in [0.29, 0.717) is 35.9 Å². The van der Waals surface area contributed by atoms with Gasteiger partial charge >= 0.3 is 0 Å². The second-order valence-corrected chi connectivity index (χ2v) is 10.0. The Labute approximate surface area is 236 Å². The topological polar surface area (TPSA) is 134 Å². The first-order valence-electron chi connectivity index (χ1n) is 12.4. The van der Waals surface area contributed by atoms with Gasteiger partial charge in [-0.15, -0.1) is 0 Å². The normalized spacial score (nSPS) is 13.3. The molecule has 1 fully saturated rings. The highest BCUT2D eigenvalue weighted by atomic mass is 32.2. The maximum Gasteiger partial charge on any atom is 0.232 e. The maximum atomic E-state index is 13.3. The lowest BCUT2D eigenvalue weighted by molar-refractivity contribution is -0.129. The molecule has 206 valence electrons. The molecule has 0 saturated carbocycles. The van der Waals surface area contributed by atoms with Crippen LogP contribution in [0.5, 0.6) is 17.2 Å². The number of thioether (sulfide) groups is 1. The van der Waals surface area contributed by atoms with Gasteiger partial charge in [-0.2, -0.15) is 10.5 Å². The molecule has 2 aromatic carbocycles. The molecule has 0 unspecified atom stereocenters. The second-order valence-electron chi connectivity index (χ2n) is 9.06. The van der Waals surface area contributed by atoms with Crippen LogP contribution >= 0.6 is 11.8 Å². The summed E-state index contributed by atoms with van der Waals surface area (Å²) in [5.41, 5.74) is 8.10. The number of ether oxygens (including phenoxy) is 3. The summed E-state index contributed by atoms with van der Waals surface area (Å²) < 4.78 is 29.5. The zero-order valence-corrected chi connectivity index (χ0v) is 23.2. The molecule has 1 aromatic heterocycles. The first-order valence-corrected chi connectivity index (χ1v) is 13.4. The Kier molecular flexibility index (Phi) is 8.97. The fourth-order valence-corrected chi connectivity index (χ4v) is 5.73. The van der Waals surface area contributed by atoms with Crippen LogP contribution in [0.25, 0.3) is 11.1 Å². The van der Waals surface area contributed by atoms with Crippen LogP contribution in [-0.2, 0) is 4.79 Å². The molecule has 11 heteroatoms. The average Bonchev–Trinajstić information content (AvgIpc) is 2.99. The highest BCUT2D eigenvalue weighted by Crippen LogP contribution is 2.44. The number of anilines is 1. The molecule has 1 aliphatic heterocycles. The largest absolute Gasteiger partial charge is 0.493 e. The lowest BCUT2D eigenvalue weighted by atomic mass is 9.89. The van der Waals surface area contributed by atoms with Gasteiger partial charge < -0.3 is 24.8 Å². The van der Waals surface area contributed by atoms with E-state index in [9.17, 15) is 19.7 Å². The summed E-state index contributed by atoms with van der Waals surface area (Å²) in [6, 6.07) is 14.0. The second kappa shape index (κ2) is 12.6. The highest BCUT2D eigenvalue weighted by Gasteiger charge is 2.27. The number of aromatic nitrogens is 1. The van der Waals surface area contributed by atoms with Crippen molar-refractivity contribution in [1.29, 1.82) is 10.5 Å². The fraction of sp³-hybridized carbons (Fsp3) is 0.310. The Balaban J connectivity index is 1.57. The number of likely N-dealkylation sites (tertiary alicyclic amines) is 1. The number of nitrogens with zero attached hydrogens (tertiary/aromatic N) is 4. The number of hydrogen-bond donors (Lipinski definition) is 1. The van der Waals surface area contributed by atoms with Gasteiger partial charge in [0, 0.05) is 18.7 Å². The summed E-state index contributed by atoms with van der Waals surface area (Å²) in [7, 11) is 4.41. The predicted molar refractivity (Wildman–Crippen MR) is 149 cm³/mol. The number of nitrogens with two attached hydrogens (primary N) is 1. The van der Waals surface area contributed by atoms with Gasteiger partial charge in [-0.3, -0.25) is 4.79 Å². The minimum absolute atomic E-state index is 0.0318. The predicted octanol–water partition coefficient (Wildman–Crippen LogP) is 4.74. The number of carbonyl (C=O) groups is 1. The van der Waals surface area contributed by atoms with Crippen molar-refractivity contribution in [3.05, 3.63) is 58.9 Å². The molecule has 0 radical (unpaired) electrons. The molecule has 0 bridgehead atoms. The van der Waals surface area contributed by atoms with E-state index < -0.39 is 0 Å². The number of rotatable bonds is 8. The fourth-order valence-electron chi connectivity index (χ4n) is 4.84. The number of benzene rings is 2. The minimum Gasteiger partial charge on any atom is -0.493 e. The molecule has 0 atom stereocenters. The molecule has 1 amide bonds. The zero-order valence-electron chi connectivity index (χ0n) is 22.4. The van der Waals surface area contributed by atoms with Crippen LogP contribution in [-0.4, -0.2) is 56.0 Å². The van der Waals surface area contributed by atoms with Gasteiger partial charge in [0.15, 0.2) is 11.5 Å². The van der Waals surface area contributed by atoms with Gasteiger partial charge in [-0.1, -0.05) is 23.9 Å². The quantitative estimate of drug-likeness (QED) is 0.387. The highest BCUT2D eigenvalue weighted by molar-refractivity contribution is 8.00. The summed E-state index contributed by atoms with van der Waals surface area (Å²) in [5.74, 6) is 0.936. The third-order valence-corrected chi connectivity index (χ3v) is 7.85. The number of amides is 1. The van der Waals surface area contributed by atoms with E-state index >= 15 is 0 Å². The molecular weight excluding hydrogens is 533 g/mol. The number of halogens is 1. The Morgan fingerprint density at radius 1 is 1.05 bits per heavy atom. The van der Waals surface area contributed by atoms with E-state index in [4.69, 9.17) is 19.9 Å². The van der Waals surface area contributed by atoms with Gasteiger partial charge in [0.1, 0.15) is 34.4 Å². The van der Waals surface area contributed by atoms with Gasteiger partial charge in [0.25, 0.3) is 0 Å². The first kappa shape index (κ1) is 28.5. The van der Waals surface area contributed by atoms with Crippen molar-refractivity contribution in [1.82, 2.24) is 9.88 Å². The number of carbonyl (C=O) groups excluding carboxylic acids is 1. The molecule has 1 saturated heterocycles. The van der Waals surface area contributed by atoms with Gasteiger partial charge in [-0.05, 0) is 54.2 Å². The summed E-state index contributed by atoms with van der Waals surface area (Å²) in [4.78, 5) is 19.2. The summed E-state index contributed by atoms with van der Waals surface area (Å²) in [6.07, 6.45) is 1.55. The lowest BCUT2D eigenvalue weighted by Crippen LogP contribution is -2.39. The monoisotopic (exact) mass is 561 g/mol. The summed E-state index contributed by atoms with van der Waals surface area (Å²) >= 11 is 1.10. The van der Waals surface area contributed by atoms with Crippen LogP contribution in [0.4, 0.5) is 10.2 Å². The molecular formula is C29H28FN5O4S. The minimum atomic E-state index is -0.268. The van der Waals surface area contributed by atoms with Gasteiger partial charge in [0.2, 0.25) is 11.7 Å². The Bertz CT molecular complexity index is 1470. The number of nitriles is 2. The molecule has 0 spiro atoms. The molecule has 2 N–H and O–H groups in total. The number of hydrogen-bond acceptors (Lipinski definition) is 9. The smallest absolute Gasteiger partial charge is 0.232 e. The molecule has 2 heterocycles. The molecule has 9 nitrogen and oxygen atoms in total. The Morgan fingerprint density at radius 2 is 1.65 bits per heavy atom. The van der Waals surface area contributed by atoms with Crippen LogP contribution in [0.1, 0.15) is 35.4 Å². The zero-order chi connectivity index (χ0) is 28.8. The van der Waals surface area contributed by atoms with Crippen molar-refractivity contribution < 1.29 is 23.4 Å². The van der Waals surface area contributed by atoms with E-state index in [1.807, 2.05) is 6.07 Å². The number of piperidine rings is 1. The Morgan fingerprint density at radius 3 is 2.17 bits per heavy atom. The van der Waals surface area contributed by atoms with Crippen molar-refractivity contribution in [2.45, 2.75) is 23.8 Å². The molecule has 0 aliphatic carbocycles. The van der Waals surface area contributed by atoms with Crippen LogP contribution in [0, 0.1) is 28.5 Å². The van der Waals surface area contributed by atoms with Gasteiger partial charge in [-0.25, -0.2) is 9.37 Å². The van der Waals surface area contributed by atoms with E-state index in [2.05, 4.69) is 11.1 Å². The third kappa shape index (κ3) is 5.75. The van der Waals surface area contributed by atoms with Crippen LogP contribution < -0.4 is 19.9 Å². The lowest BCUT2D eigenvalue weighted by Gasteiger charge is -2.32. The van der Waals surface area contributed by atoms with E-state index in [1.165, 1.54) is 33.5 Å². The van der Waals surface area contributed by atoms with E-state index in [1.54, 1.807) is 29.2 Å². The van der Waals surface area contributed by atoms with E-state index in [-0.39, 0.29) is 50.9 Å². The van der Waals surface area contributed by atoms with Crippen molar-refractivity contribution in [3.63, 3.8) is 0 Å². The van der Waals surface area contributed by atoms with E-state index in [0.717, 1.165) is 30.2 Å². The van der Waals surface area contributed by atoms with Gasteiger partial charge in [0.05, 0.1) is 32.6 Å². The van der Waals surface area contributed by atoms with Crippen molar-refractivity contribution >= 4 is 23.5 Å². The molecule has 4 rings (SSSR count). The SMILES string of the molecule is COc1cc(-c2c(C#N)c(N)nc(SCC(=O)N3CCC(c4ccc(F)cc4)CC3)c2C#N)cc(OC)c1OC. The summed E-state index contributed by atoms with van der Waals surface area (Å²) in [6.45, 7) is 1.15. The van der Waals surface area contributed by atoms with Crippen LogP contribution in [0.2, 0.25) is 0 Å². The van der Waals surface area contributed by atoms with Crippen LogP contribution in [0.15, 0.2) is 41.4 Å². The van der Waals surface area contributed by atoms with Crippen molar-refractivity contribution in [2.24, 2.45) is 0 Å². The standard InChI is InChI=1S/C29H28FN5O4S/c1-37-23-12-19(13-24(38-2)27(23)39-3)26-21(14-31)28(33)34-29(22(26)15-32)40-16-25(36)35-10-8-18(9-11-35)17-4-6-20(30)7-5-17/h4-7,12-13,18H,8-11,16H2,1-3H3,(H2,33,34). The number of methoxy groups -OCH3 is 3. The maximum absolute atomic E-state index is 13.3. The van der Waals surface area contributed by atoms with Crippen molar-refractivity contribution in [2.75, 3.05) is 45.9 Å². The van der Waals surface area contributed by atoms with Crippen LogP contribution in [0.3, 0.4) is 0 Å². The number of pyridine rings is 1. The molecule has 1 aliphatic rings.